The number of rotatable bonds is 4. The molecule has 1 heterocycles. The smallest absolute Gasteiger partial charge is 0.313 e. The molecule has 4 N–H and O–H groups in total. The summed E-state index contributed by atoms with van der Waals surface area (Å²) in [4.78, 5) is 22.6. The molecule has 1 saturated heterocycles. The molecule has 1 aromatic carbocycles. The highest BCUT2D eigenvalue weighted by Crippen LogP contribution is 2.32. The van der Waals surface area contributed by atoms with Gasteiger partial charge in [-0.15, -0.1) is 0 Å². The number of benzene rings is 1. The summed E-state index contributed by atoms with van der Waals surface area (Å²) >= 11 is 0. The summed E-state index contributed by atoms with van der Waals surface area (Å²) in [5.74, 6) is -2.38. The van der Waals surface area contributed by atoms with Crippen LogP contribution in [0.5, 0.6) is 0 Å². The highest BCUT2D eigenvalue weighted by Gasteiger charge is 2.46. The standard InChI is InChI=1S/C13H15FN2O4/c1-13(12(18)19)6-20-5-10(13)16-9-3-2-7(14)4-8(9)11(15)17/h2-4,10,16H,5-6H2,1H3,(H2,15,17)(H,18,19). The fourth-order valence-corrected chi connectivity index (χ4v) is 2.12. The summed E-state index contributed by atoms with van der Waals surface area (Å²) in [6, 6.07) is 3.00. The Morgan fingerprint density at radius 3 is 2.85 bits per heavy atom. The van der Waals surface area contributed by atoms with Gasteiger partial charge < -0.3 is 20.9 Å². The Hall–Kier alpha value is -2.15. The van der Waals surface area contributed by atoms with Gasteiger partial charge in [0.2, 0.25) is 0 Å². The number of carboxylic acids is 1. The van der Waals surface area contributed by atoms with Gasteiger partial charge in [0.05, 0.1) is 24.8 Å². The number of ether oxygens (including phenoxy) is 1. The number of hydrogen-bond donors (Lipinski definition) is 3. The number of primary amides is 1. The van der Waals surface area contributed by atoms with Gasteiger partial charge in [-0.2, -0.15) is 0 Å². The van der Waals surface area contributed by atoms with E-state index < -0.39 is 29.2 Å². The maximum atomic E-state index is 13.1. The molecule has 0 saturated carbocycles. The Labute approximate surface area is 114 Å². The van der Waals surface area contributed by atoms with Gasteiger partial charge in [-0.1, -0.05) is 0 Å². The molecule has 108 valence electrons. The number of aliphatic carboxylic acids is 1. The largest absolute Gasteiger partial charge is 0.481 e. The van der Waals surface area contributed by atoms with Crippen LogP contribution >= 0.6 is 0 Å². The van der Waals surface area contributed by atoms with Crippen molar-refractivity contribution < 1.29 is 23.8 Å². The minimum absolute atomic E-state index is 0.0235. The number of halogens is 1. The Balaban J connectivity index is 2.31. The molecule has 1 fully saturated rings. The summed E-state index contributed by atoms with van der Waals surface area (Å²) in [6.45, 7) is 1.79. The molecule has 1 amide bonds. The first-order valence-corrected chi connectivity index (χ1v) is 6.01. The highest BCUT2D eigenvalue weighted by molar-refractivity contribution is 5.98. The number of carbonyl (C=O) groups excluding carboxylic acids is 1. The first-order valence-electron chi connectivity index (χ1n) is 6.01. The van der Waals surface area contributed by atoms with Gasteiger partial charge in [-0.25, -0.2) is 4.39 Å². The van der Waals surface area contributed by atoms with Crippen LogP contribution in [0.1, 0.15) is 17.3 Å². The predicted octanol–water partition coefficient (Wildman–Crippen LogP) is 0.826. The van der Waals surface area contributed by atoms with Crippen LogP contribution in [0, 0.1) is 11.2 Å². The minimum atomic E-state index is -1.12. The average molecular weight is 282 g/mol. The van der Waals surface area contributed by atoms with Gasteiger partial charge in [0.15, 0.2) is 0 Å². The van der Waals surface area contributed by atoms with Crippen molar-refractivity contribution in [1.29, 1.82) is 0 Å². The molecule has 0 bridgehead atoms. The third kappa shape index (κ3) is 2.44. The van der Waals surface area contributed by atoms with Crippen molar-refractivity contribution in [2.75, 3.05) is 18.5 Å². The second kappa shape index (κ2) is 5.09. The molecule has 6 nitrogen and oxygen atoms in total. The third-order valence-electron chi connectivity index (χ3n) is 3.52. The van der Waals surface area contributed by atoms with Crippen molar-refractivity contribution in [3.63, 3.8) is 0 Å². The Morgan fingerprint density at radius 1 is 1.55 bits per heavy atom. The van der Waals surface area contributed by atoms with Gasteiger partial charge in [0, 0.05) is 5.69 Å². The molecule has 2 unspecified atom stereocenters. The van der Waals surface area contributed by atoms with Crippen molar-refractivity contribution in [2.45, 2.75) is 13.0 Å². The van der Waals surface area contributed by atoms with Crippen LogP contribution in [0.4, 0.5) is 10.1 Å². The van der Waals surface area contributed by atoms with Crippen LogP contribution in [-0.2, 0) is 9.53 Å². The molecular formula is C13H15FN2O4. The van der Waals surface area contributed by atoms with Crippen molar-refractivity contribution in [1.82, 2.24) is 0 Å². The van der Waals surface area contributed by atoms with E-state index in [-0.39, 0.29) is 18.8 Å². The molecule has 0 spiro atoms. The third-order valence-corrected chi connectivity index (χ3v) is 3.52. The summed E-state index contributed by atoms with van der Waals surface area (Å²) in [7, 11) is 0. The summed E-state index contributed by atoms with van der Waals surface area (Å²) in [5.41, 5.74) is 4.34. The summed E-state index contributed by atoms with van der Waals surface area (Å²) in [5, 5.41) is 12.2. The molecule has 20 heavy (non-hydrogen) atoms. The van der Waals surface area contributed by atoms with E-state index in [9.17, 15) is 19.1 Å². The SMILES string of the molecule is CC1(C(=O)O)COCC1Nc1ccc(F)cc1C(N)=O. The molecule has 1 aliphatic heterocycles. The minimum Gasteiger partial charge on any atom is -0.481 e. The zero-order valence-corrected chi connectivity index (χ0v) is 10.9. The number of hydrogen-bond acceptors (Lipinski definition) is 4. The van der Waals surface area contributed by atoms with E-state index in [1.807, 2.05) is 0 Å². The zero-order valence-electron chi connectivity index (χ0n) is 10.9. The number of carbonyl (C=O) groups is 2. The lowest BCUT2D eigenvalue weighted by Gasteiger charge is -2.27. The first-order chi connectivity index (χ1) is 9.34. The lowest BCUT2D eigenvalue weighted by molar-refractivity contribution is -0.148. The molecule has 0 radical (unpaired) electrons. The topological polar surface area (TPSA) is 102 Å². The van der Waals surface area contributed by atoms with Crippen LogP contribution in [-0.4, -0.2) is 36.2 Å². The Morgan fingerprint density at radius 2 is 2.25 bits per heavy atom. The van der Waals surface area contributed by atoms with Crippen LogP contribution in [0.25, 0.3) is 0 Å². The number of carboxylic acid groups (broad SMARTS) is 1. The summed E-state index contributed by atoms with van der Waals surface area (Å²) < 4.78 is 18.3. The molecule has 0 aromatic heterocycles. The fraction of sp³-hybridized carbons (Fsp3) is 0.385. The second-order valence-electron chi connectivity index (χ2n) is 4.99. The molecule has 1 aliphatic rings. The Kier molecular flexibility index (Phi) is 3.63. The average Bonchev–Trinajstić information content (AvgIpc) is 2.74. The quantitative estimate of drug-likeness (QED) is 0.759. The molecule has 0 aliphatic carbocycles. The van der Waals surface area contributed by atoms with Crippen LogP contribution < -0.4 is 11.1 Å². The van der Waals surface area contributed by atoms with E-state index in [4.69, 9.17) is 10.5 Å². The van der Waals surface area contributed by atoms with Gasteiger partial charge in [-0.3, -0.25) is 9.59 Å². The van der Waals surface area contributed by atoms with Crippen molar-refractivity contribution in [3.8, 4) is 0 Å². The van der Waals surface area contributed by atoms with E-state index >= 15 is 0 Å². The van der Waals surface area contributed by atoms with Gasteiger partial charge >= 0.3 is 5.97 Å². The van der Waals surface area contributed by atoms with E-state index in [0.29, 0.717) is 5.69 Å². The highest BCUT2D eigenvalue weighted by atomic mass is 19.1. The molecule has 2 atom stereocenters. The number of nitrogens with two attached hydrogens (primary N) is 1. The molecule has 1 aromatic rings. The number of amides is 1. The molecular weight excluding hydrogens is 267 g/mol. The summed E-state index contributed by atoms with van der Waals surface area (Å²) in [6.07, 6.45) is 0. The number of anilines is 1. The van der Waals surface area contributed by atoms with Gasteiger partial charge in [0.1, 0.15) is 11.2 Å². The zero-order chi connectivity index (χ0) is 14.9. The lowest BCUT2D eigenvalue weighted by Crippen LogP contribution is -2.43. The van der Waals surface area contributed by atoms with Crippen LogP contribution in [0.15, 0.2) is 18.2 Å². The van der Waals surface area contributed by atoms with Gasteiger partial charge in [-0.05, 0) is 25.1 Å². The lowest BCUT2D eigenvalue weighted by atomic mass is 9.85. The second-order valence-corrected chi connectivity index (χ2v) is 4.99. The van der Waals surface area contributed by atoms with Crippen LogP contribution in [0.2, 0.25) is 0 Å². The van der Waals surface area contributed by atoms with Crippen molar-refractivity contribution in [3.05, 3.63) is 29.6 Å². The van der Waals surface area contributed by atoms with E-state index in [2.05, 4.69) is 5.32 Å². The molecule has 7 heteroatoms. The maximum Gasteiger partial charge on any atom is 0.313 e. The van der Waals surface area contributed by atoms with E-state index in [1.54, 1.807) is 6.92 Å². The predicted molar refractivity (Wildman–Crippen MR) is 68.9 cm³/mol. The monoisotopic (exact) mass is 282 g/mol. The molecule has 2 rings (SSSR count). The van der Waals surface area contributed by atoms with Crippen LogP contribution in [0.3, 0.4) is 0 Å². The van der Waals surface area contributed by atoms with Crippen molar-refractivity contribution >= 4 is 17.6 Å². The van der Waals surface area contributed by atoms with Crippen molar-refractivity contribution in [2.24, 2.45) is 11.1 Å². The fourth-order valence-electron chi connectivity index (χ4n) is 2.12. The first kappa shape index (κ1) is 14.3. The van der Waals surface area contributed by atoms with Gasteiger partial charge in [0.25, 0.3) is 5.91 Å². The maximum absolute atomic E-state index is 13.1. The van der Waals surface area contributed by atoms with E-state index in [0.717, 1.165) is 6.07 Å². The normalized spacial score (nSPS) is 25.4. The Bertz CT molecular complexity index is 563. The van der Waals surface area contributed by atoms with E-state index in [1.165, 1.54) is 12.1 Å². The number of nitrogens with one attached hydrogen (secondary N) is 1.